The van der Waals surface area contributed by atoms with Crippen LogP contribution in [0, 0.1) is 0 Å². The van der Waals surface area contributed by atoms with Crippen molar-refractivity contribution in [1.29, 1.82) is 0 Å². The highest BCUT2D eigenvalue weighted by molar-refractivity contribution is 5.89. The minimum Gasteiger partial charge on any atom is -0.466 e. The van der Waals surface area contributed by atoms with Gasteiger partial charge in [0.2, 0.25) is 0 Å². The Kier molecular flexibility index (Phi) is 3.52. The summed E-state index contributed by atoms with van der Waals surface area (Å²) < 4.78 is 4.68. The van der Waals surface area contributed by atoms with E-state index in [0.29, 0.717) is 5.57 Å². The van der Waals surface area contributed by atoms with Gasteiger partial charge in [-0.15, -0.1) is 5.06 Å². The second kappa shape index (κ2) is 4.46. The topological polar surface area (TPSA) is 38.8 Å². The first-order valence-electron chi connectivity index (χ1n) is 4.85. The minimum absolute atomic E-state index is 0.0162. The Labute approximate surface area is 84.4 Å². The van der Waals surface area contributed by atoms with Gasteiger partial charge < -0.3 is 9.57 Å². The predicted molar refractivity (Wildman–Crippen MR) is 52.2 cm³/mol. The number of ether oxygens (including phenoxy) is 1. The van der Waals surface area contributed by atoms with Crippen LogP contribution in [0.1, 0.15) is 27.2 Å². The van der Waals surface area contributed by atoms with Crippen molar-refractivity contribution in [2.24, 2.45) is 0 Å². The molecular formula is C10H17NO3. The van der Waals surface area contributed by atoms with Crippen molar-refractivity contribution in [1.82, 2.24) is 5.06 Å². The van der Waals surface area contributed by atoms with Crippen LogP contribution in [0.2, 0.25) is 0 Å². The molecule has 1 heterocycles. The molecule has 0 amide bonds. The van der Waals surface area contributed by atoms with E-state index in [2.05, 4.69) is 4.74 Å². The number of esters is 1. The lowest BCUT2D eigenvalue weighted by Crippen LogP contribution is -2.37. The zero-order valence-corrected chi connectivity index (χ0v) is 9.11. The lowest BCUT2D eigenvalue weighted by molar-refractivity contribution is -0.141. The van der Waals surface area contributed by atoms with Gasteiger partial charge in [0.25, 0.3) is 0 Å². The van der Waals surface area contributed by atoms with Gasteiger partial charge in [-0.25, -0.2) is 4.79 Å². The molecule has 0 aromatic heterocycles. The largest absolute Gasteiger partial charge is 0.466 e. The second-order valence-corrected chi connectivity index (χ2v) is 3.55. The smallest absolute Gasteiger partial charge is 0.338 e. The average Bonchev–Trinajstić information content (AvgIpc) is 2.59. The van der Waals surface area contributed by atoms with Crippen molar-refractivity contribution in [2.75, 3.05) is 7.11 Å². The van der Waals surface area contributed by atoms with Gasteiger partial charge in [0, 0.05) is 6.04 Å². The van der Waals surface area contributed by atoms with Crippen molar-refractivity contribution < 1.29 is 14.4 Å². The molecule has 1 aliphatic rings. The Morgan fingerprint density at radius 3 is 2.79 bits per heavy atom. The van der Waals surface area contributed by atoms with Gasteiger partial charge in [0.05, 0.1) is 18.7 Å². The fourth-order valence-corrected chi connectivity index (χ4v) is 1.59. The molecule has 0 N–H and O–H groups in total. The summed E-state index contributed by atoms with van der Waals surface area (Å²) in [5.41, 5.74) is 0.601. The Morgan fingerprint density at radius 2 is 2.36 bits per heavy atom. The van der Waals surface area contributed by atoms with Crippen molar-refractivity contribution in [3.05, 3.63) is 11.8 Å². The molecule has 0 aliphatic carbocycles. The first-order chi connectivity index (χ1) is 6.61. The van der Waals surface area contributed by atoms with E-state index >= 15 is 0 Å². The van der Waals surface area contributed by atoms with Crippen molar-refractivity contribution in [3.8, 4) is 0 Å². The van der Waals surface area contributed by atoms with E-state index in [1.165, 1.54) is 13.4 Å². The molecule has 4 heteroatoms. The van der Waals surface area contributed by atoms with Crippen LogP contribution >= 0.6 is 0 Å². The molecule has 1 rings (SSSR count). The van der Waals surface area contributed by atoms with Crippen LogP contribution in [0.4, 0.5) is 0 Å². The highest BCUT2D eigenvalue weighted by Gasteiger charge is 2.34. The second-order valence-electron chi connectivity index (χ2n) is 3.55. The molecule has 1 unspecified atom stereocenters. The first kappa shape index (κ1) is 11.0. The number of carbonyl (C=O) groups excluding carboxylic acids is 1. The molecule has 1 atom stereocenters. The number of methoxy groups -OCH3 is 1. The minimum atomic E-state index is -0.306. The van der Waals surface area contributed by atoms with E-state index in [0.717, 1.165) is 6.42 Å². The predicted octanol–water partition coefficient (Wildman–Crippen LogP) is 1.48. The molecule has 0 radical (unpaired) electrons. The van der Waals surface area contributed by atoms with Gasteiger partial charge in [-0.2, -0.15) is 0 Å². The van der Waals surface area contributed by atoms with Crippen molar-refractivity contribution in [3.63, 3.8) is 0 Å². The van der Waals surface area contributed by atoms with E-state index in [-0.39, 0.29) is 18.1 Å². The maximum Gasteiger partial charge on any atom is 0.338 e. The van der Waals surface area contributed by atoms with Gasteiger partial charge in [-0.05, 0) is 20.3 Å². The molecule has 0 aromatic carbocycles. The number of carbonyl (C=O) groups is 1. The van der Waals surface area contributed by atoms with Gasteiger partial charge in [-0.3, -0.25) is 0 Å². The van der Waals surface area contributed by atoms with Crippen molar-refractivity contribution >= 4 is 5.97 Å². The molecule has 14 heavy (non-hydrogen) atoms. The third-order valence-electron chi connectivity index (χ3n) is 2.28. The first-order valence-corrected chi connectivity index (χ1v) is 4.85. The number of hydroxylamine groups is 2. The van der Waals surface area contributed by atoms with E-state index in [4.69, 9.17) is 4.84 Å². The summed E-state index contributed by atoms with van der Waals surface area (Å²) >= 11 is 0. The molecule has 0 fully saturated rings. The maximum atomic E-state index is 11.4. The third kappa shape index (κ3) is 1.90. The lowest BCUT2D eigenvalue weighted by Gasteiger charge is -2.26. The zero-order chi connectivity index (χ0) is 10.7. The highest BCUT2D eigenvalue weighted by Crippen LogP contribution is 2.25. The third-order valence-corrected chi connectivity index (χ3v) is 2.28. The van der Waals surface area contributed by atoms with Crippen LogP contribution in [-0.4, -0.2) is 30.2 Å². The monoisotopic (exact) mass is 199 g/mol. The number of hydrogen-bond donors (Lipinski definition) is 0. The van der Waals surface area contributed by atoms with Crippen LogP contribution in [0.3, 0.4) is 0 Å². The zero-order valence-electron chi connectivity index (χ0n) is 9.11. The number of rotatable bonds is 3. The summed E-state index contributed by atoms with van der Waals surface area (Å²) in [6.07, 6.45) is 2.32. The Morgan fingerprint density at radius 1 is 1.71 bits per heavy atom. The van der Waals surface area contributed by atoms with E-state index < -0.39 is 0 Å². The molecule has 0 saturated heterocycles. The fourth-order valence-electron chi connectivity index (χ4n) is 1.59. The molecule has 1 aliphatic heterocycles. The summed E-state index contributed by atoms with van der Waals surface area (Å²) in [5, 5.41) is 1.81. The van der Waals surface area contributed by atoms with Gasteiger partial charge in [0.1, 0.15) is 6.26 Å². The normalized spacial score (nSPS) is 22.1. The molecule has 0 aromatic rings. The molecule has 80 valence electrons. The van der Waals surface area contributed by atoms with Crippen LogP contribution in [0.5, 0.6) is 0 Å². The highest BCUT2D eigenvalue weighted by atomic mass is 16.7. The van der Waals surface area contributed by atoms with Gasteiger partial charge in [-0.1, -0.05) is 6.92 Å². The summed E-state index contributed by atoms with van der Waals surface area (Å²) in [6.45, 7) is 6.07. The number of hydrogen-bond acceptors (Lipinski definition) is 4. The molecule has 4 nitrogen and oxygen atoms in total. The van der Waals surface area contributed by atoms with Crippen LogP contribution in [0.15, 0.2) is 11.8 Å². The molecular weight excluding hydrogens is 182 g/mol. The van der Waals surface area contributed by atoms with E-state index in [1.807, 2.05) is 25.8 Å². The van der Waals surface area contributed by atoms with E-state index in [1.54, 1.807) is 0 Å². The molecule has 0 bridgehead atoms. The Balaban J connectivity index is 2.76. The average molecular weight is 199 g/mol. The maximum absolute atomic E-state index is 11.4. The SMILES string of the molecule is CCC1C(C(=O)OC)=CON1C(C)C. The van der Waals surface area contributed by atoms with Gasteiger partial charge in [0.15, 0.2) is 0 Å². The standard InChI is InChI=1S/C10H17NO3/c1-5-9-8(10(12)13-4)6-14-11(9)7(2)3/h6-7,9H,5H2,1-4H3. The number of nitrogens with zero attached hydrogens (tertiary/aromatic N) is 1. The lowest BCUT2D eigenvalue weighted by atomic mass is 10.1. The van der Waals surface area contributed by atoms with Crippen LogP contribution < -0.4 is 0 Å². The van der Waals surface area contributed by atoms with Crippen LogP contribution in [-0.2, 0) is 14.4 Å². The quantitative estimate of drug-likeness (QED) is 0.645. The van der Waals surface area contributed by atoms with Gasteiger partial charge >= 0.3 is 5.97 Å². The Bertz CT molecular complexity index is 248. The summed E-state index contributed by atoms with van der Waals surface area (Å²) in [6, 6.07) is 0.265. The molecule has 0 spiro atoms. The summed E-state index contributed by atoms with van der Waals surface area (Å²) in [7, 11) is 1.38. The Hall–Kier alpha value is -1.03. The summed E-state index contributed by atoms with van der Waals surface area (Å²) in [4.78, 5) is 16.7. The van der Waals surface area contributed by atoms with Crippen LogP contribution in [0.25, 0.3) is 0 Å². The van der Waals surface area contributed by atoms with E-state index in [9.17, 15) is 4.79 Å². The van der Waals surface area contributed by atoms with Crippen molar-refractivity contribution in [2.45, 2.75) is 39.3 Å². The molecule has 0 saturated carbocycles. The fraction of sp³-hybridized carbons (Fsp3) is 0.700. The summed E-state index contributed by atoms with van der Waals surface area (Å²) in [5.74, 6) is -0.306.